The van der Waals surface area contributed by atoms with E-state index in [1.807, 2.05) is 0 Å². The number of H-pyrrole nitrogens is 1. The fourth-order valence-corrected chi connectivity index (χ4v) is 2.39. The lowest BCUT2D eigenvalue weighted by Gasteiger charge is -2.08. The van der Waals surface area contributed by atoms with Crippen LogP contribution in [0.5, 0.6) is 0 Å². The minimum absolute atomic E-state index is 0.147. The van der Waals surface area contributed by atoms with Crippen LogP contribution in [-0.4, -0.2) is 35.8 Å². The van der Waals surface area contributed by atoms with Crippen molar-refractivity contribution in [2.24, 2.45) is 0 Å². The number of amides is 1. The molecule has 0 unspecified atom stereocenters. The molecular weight excluding hydrogens is 332 g/mol. The van der Waals surface area contributed by atoms with Crippen LogP contribution in [0.4, 0.5) is 0 Å². The van der Waals surface area contributed by atoms with Crippen LogP contribution in [0, 0.1) is 0 Å². The molecule has 2 aromatic rings. The van der Waals surface area contributed by atoms with Gasteiger partial charge in [0.05, 0.1) is 0 Å². The molecule has 26 heavy (non-hydrogen) atoms. The largest absolute Gasteiger partial charge is 0.451 e. The Hall–Kier alpha value is -2.89. The summed E-state index contributed by atoms with van der Waals surface area (Å²) in [5, 5.41) is 2.72. The van der Waals surface area contributed by atoms with E-state index in [-0.39, 0.29) is 24.0 Å². The second-order valence-corrected chi connectivity index (χ2v) is 6.43. The fraction of sp³-hybridized carbons (Fsp3) is 0.350. The summed E-state index contributed by atoms with van der Waals surface area (Å²) in [5.41, 5.74) is 2.95. The highest BCUT2D eigenvalue weighted by Gasteiger charge is 2.13. The monoisotopic (exact) mass is 356 g/mol. The molecule has 0 fully saturated rings. The van der Waals surface area contributed by atoms with Crippen LogP contribution in [0.3, 0.4) is 0 Å². The average Bonchev–Trinajstić information content (AvgIpc) is 3.10. The van der Waals surface area contributed by atoms with Crippen molar-refractivity contribution >= 4 is 17.7 Å². The standard InChI is InChI=1S/C20H24N2O4/c1-13(2)16-6-4-15(5-7-16)8-9-21-19(24)12-26-20(25)18-10-17(11-22-18)14(3)23/h4-7,10-11,13,22H,8-9,12H2,1-3H3,(H,21,24). The summed E-state index contributed by atoms with van der Waals surface area (Å²) >= 11 is 0. The van der Waals surface area contributed by atoms with E-state index in [2.05, 4.69) is 48.4 Å². The van der Waals surface area contributed by atoms with Crippen LogP contribution in [-0.2, 0) is 16.0 Å². The predicted octanol–water partition coefficient (Wildman–Crippen LogP) is 2.86. The zero-order chi connectivity index (χ0) is 19.1. The van der Waals surface area contributed by atoms with Gasteiger partial charge < -0.3 is 15.0 Å². The molecule has 0 aliphatic rings. The molecule has 0 saturated carbocycles. The minimum atomic E-state index is -0.670. The van der Waals surface area contributed by atoms with E-state index in [9.17, 15) is 14.4 Å². The molecule has 1 aromatic carbocycles. The van der Waals surface area contributed by atoms with Gasteiger partial charge in [-0.2, -0.15) is 0 Å². The number of hydrogen-bond donors (Lipinski definition) is 2. The van der Waals surface area contributed by atoms with E-state index in [1.54, 1.807) is 0 Å². The summed E-state index contributed by atoms with van der Waals surface area (Å²) in [7, 11) is 0. The van der Waals surface area contributed by atoms with Gasteiger partial charge in [0.2, 0.25) is 0 Å². The highest BCUT2D eigenvalue weighted by atomic mass is 16.5. The number of aromatic amines is 1. The Morgan fingerprint density at radius 1 is 1.15 bits per heavy atom. The van der Waals surface area contributed by atoms with Gasteiger partial charge in [-0.05, 0) is 36.5 Å². The van der Waals surface area contributed by atoms with Crippen LogP contribution in [0.1, 0.15) is 58.7 Å². The fourth-order valence-electron chi connectivity index (χ4n) is 2.39. The first-order valence-electron chi connectivity index (χ1n) is 8.59. The highest BCUT2D eigenvalue weighted by Crippen LogP contribution is 2.14. The van der Waals surface area contributed by atoms with Crippen molar-refractivity contribution in [3.05, 3.63) is 58.9 Å². The van der Waals surface area contributed by atoms with Crippen molar-refractivity contribution in [3.63, 3.8) is 0 Å². The van der Waals surface area contributed by atoms with E-state index in [4.69, 9.17) is 4.74 Å². The second kappa shape index (κ2) is 8.99. The highest BCUT2D eigenvalue weighted by molar-refractivity contribution is 5.97. The number of carbonyl (C=O) groups excluding carboxylic acids is 3. The Balaban J connectivity index is 1.71. The van der Waals surface area contributed by atoms with Crippen molar-refractivity contribution in [3.8, 4) is 0 Å². The van der Waals surface area contributed by atoms with Gasteiger partial charge in [0, 0.05) is 18.3 Å². The lowest BCUT2D eigenvalue weighted by Crippen LogP contribution is -2.30. The van der Waals surface area contributed by atoms with E-state index < -0.39 is 5.97 Å². The molecule has 2 N–H and O–H groups in total. The normalized spacial score (nSPS) is 10.6. The molecular formula is C20H24N2O4. The number of benzene rings is 1. The van der Waals surface area contributed by atoms with Gasteiger partial charge in [-0.3, -0.25) is 9.59 Å². The third-order valence-electron chi connectivity index (χ3n) is 4.03. The number of rotatable bonds is 8. The summed E-state index contributed by atoms with van der Waals surface area (Å²) in [5.74, 6) is -0.698. The number of carbonyl (C=O) groups is 3. The topological polar surface area (TPSA) is 88.3 Å². The summed E-state index contributed by atoms with van der Waals surface area (Å²) in [6.07, 6.45) is 2.14. The SMILES string of the molecule is CC(=O)c1c[nH]c(C(=O)OCC(=O)NCCc2ccc(C(C)C)cc2)c1. The second-order valence-electron chi connectivity index (χ2n) is 6.43. The Labute approximate surface area is 152 Å². The zero-order valence-corrected chi connectivity index (χ0v) is 15.3. The maximum atomic E-state index is 11.8. The molecule has 1 aromatic heterocycles. The van der Waals surface area contributed by atoms with Gasteiger partial charge in [0.25, 0.3) is 5.91 Å². The smallest absolute Gasteiger partial charge is 0.355 e. The lowest BCUT2D eigenvalue weighted by atomic mass is 10.0. The molecule has 2 rings (SSSR count). The Morgan fingerprint density at radius 3 is 2.42 bits per heavy atom. The average molecular weight is 356 g/mol. The summed E-state index contributed by atoms with van der Waals surface area (Å²) in [4.78, 5) is 37.5. The molecule has 0 saturated heterocycles. The first kappa shape index (κ1) is 19.4. The number of hydrogen-bond acceptors (Lipinski definition) is 4. The van der Waals surface area contributed by atoms with E-state index in [0.29, 0.717) is 24.4 Å². The van der Waals surface area contributed by atoms with Crippen molar-refractivity contribution in [2.45, 2.75) is 33.1 Å². The van der Waals surface area contributed by atoms with Gasteiger partial charge in [-0.25, -0.2) is 4.79 Å². The van der Waals surface area contributed by atoms with Gasteiger partial charge in [0.1, 0.15) is 5.69 Å². The van der Waals surface area contributed by atoms with Crippen LogP contribution in [0.15, 0.2) is 36.5 Å². The molecule has 0 aliphatic heterocycles. The maximum Gasteiger partial charge on any atom is 0.355 e. The molecule has 0 aliphatic carbocycles. The summed E-state index contributed by atoms with van der Waals surface area (Å²) < 4.78 is 4.93. The van der Waals surface area contributed by atoms with Crippen molar-refractivity contribution < 1.29 is 19.1 Å². The zero-order valence-electron chi connectivity index (χ0n) is 15.3. The van der Waals surface area contributed by atoms with Gasteiger partial charge in [-0.15, -0.1) is 0 Å². The molecule has 138 valence electrons. The van der Waals surface area contributed by atoms with E-state index in [0.717, 1.165) is 5.56 Å². The van der Waals surface area contributed by atoms with E-state index in [1.165, 1.54) is 24.8 Å². The predicted molar refractivity (Wildman–Crippen MR) is 98.3 cm³/mol. The Morgan fingerprint density at radius 2 is 1.85 bits per heavy atom. The summed E-state index contributed by atoms with van der Waals surface area (Å²) in [6.45, 7) is 5.80. The first-order chi connectivity index (χ1) is 12.4. The number of nitrogens with one attached hydrogen (secondary N) is 2. The quantitative estimate of drug-likeness (QED) is 0.562. The molecule has 6 heteroatoms. The van der Waals surface area contributed by atoms with Crippen LogP contribution >= 0.6 is 0 Å². The molecule has 0 radical (unpaired) electrons. The minimum Gasteiger partial charge on any atom is -0.451 e. The van der Waals surface area contributed by atoms with Crippen LogP contribution in [0.25, 0.3) is 0 Å². The number of ether oxygens (including phenoxy) is 1. The summed E-state index contributed by atoms with van der Waals surface area (Å²) in [6, 6.07) is 9.70. The Bertz CT molecular complexity index is 775. The number of esters is 1. The molecule has 1 heterocycles. The third kappa shape index (κ3) is 5.58. The molecule has 1 amide bonds. The first-order valence-corrected chi connectivity index (χ1v) is 8.59. The Kier molecular flexibility index (Phi) is 6.72. The van der Waals surface area contributed by atoms with Gasteiger partial charge >= 0.3 is 5.97 Å². The van der Waals surface area contributed by atoms with Crippen molar-refractivity contribution in [1.82, 2.24) is 10.3 Å². The van der Waals surface area contributed by atoms with Gasteiger partial charge in [0.15, 0.2) is 12.4 Å². The van der Waals surface area contributed by atoms with Crippen LogP contribution < -0.4 is 5.32 Å². The van der Waals surface area contributed by atoms with Crippen LogP contribution in [0.2, 0.25) is 0 Å². The van der Waals surface area contributed by atoms with Gasteiger partial charge in [-0.1, -0.05) is 38.1 Å². The molecule has 0 atom stereocenters. The molecule has 6 nitrogen and oxygen atoms in total. The number of Topliss-reactive ketones (excluding diaryl/α,β-unsaturated/α-hetero) is 1. The van der Waals surface area contributed by atoms with E-state index >= 15 is 0 Å². The van der Waals surface area contributed by atoms with Crippen molar-refractivity contribution in [1.29, 1.82) is 0 Å². The lowest BCUT2D eigenvalue weighted by molar-refractivity contribution is -0.124. The molecule has 0 spiro atoms. The number of aromatic nitrogens is 1. The van der Waals surface area contributed by atoms with Crippen molar-refractivity contribution in [2.75, 3.05) is 13.2 Å². The number of ketones is 1. The third-order valence-corrected chi connectivity index (χ3v) is 4.03. The maximum absolute atomic E-state index is 11.8. The molecule has 0 bridgehead atoms.